The number of anilines is 1. The van der Waals surface area contributed by atoms with Crippen molar-refractivity contribution >= 4 is 21.6 Å². The van der Waals surface area contributed by atoms with E-state index in [0.717, 1.165) is 11.1 Å². The molecule has 0 fully saturated rings. The molecular formula is C23H24N2O5S. The molecular weight excluding hydrogens is 416 g/mol. The first kappa shape index (κ1) is 22.2. The van der Waals surface area contributed by atoms with Crippen molar-refractivity contribution in [2.24, 2.45) is 0 Å². The number of rotatable bonds is 9. The fourth-order valence-corrected chi connectivity index (χ4v) is 3.75. The highest BCUT2D eigenvalue weighted by molar-refractivity contribution is 7.92. The van der Waals surface area contributed by atoms with E-state index >= 15 is 0 Å². The van der Waals surface area contributed by atoms with Crippen LogP contribution in [-0.2, 0) is 21.4 Å². The molecule has 0 atom stereocenters. The van der Waals surface area contributed by atoms with Crippen molar-refractivity contribution in [1.82, 2.24) is 5.32 Å². The molecule has 0 spiro atoms. The Labute approximate surface area is 182 Å². The SMILES string of the molecule is COc1ccc(NS(=O)(=O)c2ccc(OCC(=O)NCc3ccc(C)cc3)cc2)cc1. The molecule has 0 unspecified atom stereocenters. The lowest BCUT2D eigenvalue weighted by Crippen LogP contribution is -2.28. The lowest BCUT2D eigenvalue weighted by atomic mass is 10.1. The second kappa shape index (κ2) is 9.99. The largest absolute Gasteiger partial charge is 0.497 e. The summed E-state index contributed by atoms with van der Waals surface area (Å²) in [6, 6.07) is 20.3. The Kier molecular flexibility index (Phi) is 7.15. The predicted molar refractivity (Wildman–Crippen MR) is 119 cm³/mol. The van der Waals surface area contributed by atoms with Gasteiger partial charge < -0.3 is 14.8 Å². The molecule has 8 heteroatoms. The van der Waals surface area contributed by atoms with Crippen LogP contribution in [0.1, 0.15) is 11.1 Å². The molecule has 0 saturated heterocycles. The van der Waals surface area contributed by atoms with Gasteiger partial charge in [-0.15, -0.1) is 0 Å². The fraction of sp³-hybridized carbons (Fsp3) is 0.174. The van der Waals surface area contributed by atoms with Gasteiger partial charge in [-0.3, -0.25) is 9.52 Å². The third-order valence-electron chi connectivity index (χ3n) is 4.46. The van der Waals surface area contributed by atoms with Crippen molar-refractivity contribution in [3.63, 3.8) is 0 Å². The summed E-state index contributed by atoms with van der Waals surface area (Å²) in [6.45, 7) is 2.25. The molecule has 0 aliphatic rings. The van der Waals surface area contributed by atoms with Crippen LogP contribution in [0.3, 0.4) is 0 Å². The number of carbonyl (C=O) groups is 1. The molecule has 3 aromatic rings. The maximum Gasteiger partial charge on any atom is 0.261 e. The second-order valence-corrected chi connectivity index (χ2v) is 8.54. The van der Waals surface area contributed by atoms with Gasteiger partial charge >= 0.3 is 0 Å². The smallest absolute Gasteiger partial charge is 0.261 e. The van der Waals surface area contributed by atoms with Crippen LogP contribution in [0.2, 0.25) is 0 Å². The van der Waals surface area contributed by atoms with Crippen LogP contribution in [-0.4, -0.2) is 28.0 Å². The van der Waals surface area contributed by atoms with Gasteiger partial charge in [-0.25, -0.2) is 8.42 Å². The highest BCUT2D eigenvalue weighted by atomic mass is 32.2. The number of benzene rings is 3. The Morgan fingerprint density at radius 1 is 0.871 bits per heavy atom. The van der Waals surface area contributed by atoms with Crippen LogP contribution < -0.4 is 19.5 Å². The number of hydrogen-bond donors (Lipinski definition) is 2. The normalized spacial score (nSPS) is 10.9. The number of hydrogen-bond acceptors (Lipinski definition) is 5. The summed E-state index contributed by atoms with van der Waals surface area (Å²) in [5.74, 6) is 0.764. The molecule has 0 aliphatic carbocycles. The van der Waals surface area contributed by atoms with Gasteiger partial charge in [0.05, 0.1) is 12.0 Å². The standard InChI is InChI=1S/C23H24N2O5S/c1-17-3-5-18(6-4-17)15-24-23(26)16-30-21-11-13-22(14-12-21)31(27,28)25-19-7-9-20(29-2)10-8-19/h3-14,25H,15-16H2,1-2H3,(H,24,26). The highest BCUT2D eigenvalue weighted by Gasteiger charge is 2.14. The first-order valence-electron chi connectivity index (χ1n) is 9.58. The summed E-state index contributed by atoms with van der Waals surface area (Å²) < 4.78 is 38.1. The lowest BCUT2D eigenvalue weighted by Gasteiger charge is -2.10. The number of carbonyl (C=O) groups excluding carboxylic acids is 1. The van der Waals surface area contributed by atoms with E-state index in [1.54, 1.807) is 24.3 Å². The highest BCUT2D eigenvalue weighted by Crippen LogP contribution is 2.21. The van der Waals surface area contributed by atoms with Crippen molar-refractivity contribution in [2.45, 2.75) is 18.4 Å². The quantitative estimate of drug-likeness (QED) is 0.531. The van der Waals surface area contributed by atoms with E-state index in [1.807, 2.05) is 31.2 Å². The summed E-state index contributed by atoms with van der Waals surface area (Å²) in [5.41, 5.74) is 2.58. The van der Waals surface area contributed by atoms with Crippen LogP contribution in [0.5, 0.6) is 11.5 Å². The van der Waals surface area contributed by atoms with Gasteiger partial charge in [-0.2, -0.15) is 0 Å². The molecule has 31 heavy (non-hydrogen) atoms. The van der Waals surface area contributed by atoms with Crippen molar-refractivity contribution in [3.8, 4) is 11.5 Å². The summed E-state index contributed by atoms with van der Waals surface area (Å²) in [5, 5.41) is 2.78. The maximum atomic E-state index is 12.5. The zero-order valence-corrected chi connectivity index (χ0v) is 18.1. The predicted octanol–water partition coefficient (Wildman–Crippen LogP) is 3.50. The van der Waals surface area contributed by atoms with E-state index in [4.69, 9.17) is 9.47 Å². The molecule has 3 rings (SSSR count). The molecule has 0 saturated carbocycles. The number of amides is 1. The number of aryl methyl sites for hydroxylation is 1. The fourth-order valence-electron chi connectivity index (χ4n) is 2.69. The van der Waals surface area contributed by atoms with E-state index in [1.165, 1.54) is 31.4 Å². The Hall–Kier alpha value is -3.52. The van der Waals surface area contributed by atoms with Crippen LogP contribution in [0.15, 0.2) is 77.7 Å². The van der Waals surface area contributed by atoms with Crippen LogP contribution in [0.4, 0.5) is 5.69 Å². The monoisotopic (exact) mass is 440 g/mol. The maximum absolute atomic E-state index is 12.5. The zero-order valence-electron chi connectivity index (χ0n) is 17.3. The topological polar surface area (TPSA) is 93.7 Å². The minimum atomic E-state index is -3.75. The van der Waals surface area contributed by atoms with Gasteiger partial charge in [-0.1, -0.05) is 29.8 Å². The third-order valence-corrected chi connectivity index (χ3v) is 5.85. The van der Waals surface area contributed by atoms with E-state index < -0.39 is 10.0 Å². The Morgan fingerprint density at radius 3 is 2.10 bits per heavy atom. The van der Waals surface area contributed by atoms with Gasteiger partial charge in [0.25, 0.3) is 15.9 Å². The Bertz CT molecular complexity index is 1110. The molecule has 0 radical (unpaired) electrons. The van der Waals surface area contributed by atoms with Gasteiger partial charge in [-0.05, 0) is 61.0 Å². The van der Waals surface area contributed by atoms with Gasteiger partial charge in [0, 0.05) is 12.2 Å². The van der Waals surface area contributed by atoms with Gasteiger partial charge in [0.15, 0.2) is 6.61 Å². The first-order valence-corrected chi connectivity index (χ1v) is 11.1. The molecule has 1 amide bonds. The van der Waals surface area contributed by atoms with Crippen molar-refractivity contribution < 1.29 is 22.7 Å². The first-order chi connectivity index (χ1) is 14.9. The van der Waals surface area contributed by atoms with Crippen molar-refractivity contribution in [1.29, 1.82) is 0 Å². The summed E-state index contributed by atoms with van der Waals surface area (Å²) in [6.07, 6.45) is 0. The number of sulfonamides is 1. The molecule has 0 bridgehead atoms. The summed E-state index contributed by atoms with van der Waals surface area (Å²) in [4.78, 5) is 12.1. The number of ether oxygens (including phenoxy) is 2. The minimum Gasteiger partial charge on any atom is -0.497 e. The second-order valence-electron chi connectivity index (χ2n) is 6.86. The molecule has 7 nitrogen and oxygen atoms in total. The molecule has 162 valence electrons. The third kappa shape index (κ3) is 6.48. The molecule has 0 aliphatic heterocycles. The number of nitrogens with one attached hydrogen (secondary N) is 2. The summed E-state index contributed by atoms with van der Waals surface area (Å²) >= 11 is 0. The van der Waals surface area contributed by atoms with Crippen molar-refractivity contribution in [3.05, 3.63) is 83.9 Å². The van der Waals surface area contributed by atoms with Crippen LogP contribution in [0.25, 0.3) is 0 Å². The van der Waals surface area contributed by atoms with Gasteiger partial charge in [0.2, 0.25) is 0 Å². The molecule has 0 aromatic heterocycles. The van der Waals surface area contributed by atoms with Gasteiger partial charge in [0.1, 0.15) is 11.5 Å². The molecule has 3 aromatic carbocycles. The van der Waals surface area contributed by atoms with Crippen molar-refractivity contribution in [2.75, 3.05) is 18.4 Å². The Balaban J connectivity index is 1.51. The summed E-state index contributed by atoms with van der Waals surface area (Å²) in [7, 11) is -2.21. The molecule has 2 N–H and O–H groups in total. The van der Waals surface area contributed by atoms with E-state index in [9.17, 15) is 13.2 Å². The van der Waals surface area contributed by atoms with E-state index in [2.05, 4.69) is 10.0 Å². The molecule has 0 heterocycles. The minimum absolute atomic E-state index is 0.0829. The number of methoxy groups -OCH3 is 1. The zero-order chi connectivity index (χ0) is 22.3. The average molecular weight is 441 g/mol. The van der Waals surface area contributed by atoms with E-state index in [-0.39, 0.29) is 17.4 Å². The lowest BCUT2D eigenvalue weighted by molar-refractivity contribution is -0.123. The average Bonchev–Trinajstić information content (AvgIpc) is 2.78. The van der Waals surface area contributed by atoms with Crippen LogP contribution in [0, 0.1) is 6.92 Å². The van der Waals surface area contributed by atoms with E-state index in [0.29, 0.717) is 23.7 Å². The Morgan fingerprint density at radius 2 is 1.48 bits per heavy atom. The van der Waals surface area contributed by atoms with Crippen LogP contribution >= 0.6 is 0 Å².